The van der Waals surface area contributed by atoms with Crippen molar-refractivity contribution in [3.63, 3.8) is 0 Å². The summed E-state index contributed by atoms with van der Waals surface area (Å²) in [6.07, 6.45) is -11.5. The fourth-order valence-electron chi connectivity index (χ4n) is 0.550. The van der Waals surface area contributed by atoms with Gasteiger partial charge in [0, 0.05) is 13.3 Å². The minimum atomic E-state index is -3.74. The molecule has 0 saturated heterocycles. The zero-order valence-corrected chi connectivity index (χ0v) is 10.7. The topological polar surface area (TPSA) is 93.1 Å². The van der Waals surface area contributed by atoms with Crippen LogP contribution < -0.4 is 0 Å². The quantitative estimate of drug-likeness (QED) is 0.590. The van der Waals surface area contributed by atoms with E-state index in [-0.39, 0.29) is 0 Å². The molecule has 12 heteroatoms. The smallest absolute Gasteiger partial charge is 0.450 e. The van der Waals surface area contributed by atoms with Crippen molar-refractivity contribution in [1.82, 2.24) is 0 Å². The van der Waals surface area contributed by atoms with E-state index >= 15 is 0 Å². The highest BCUT2D eigenvalue weighted by molar-refractivity contribution is 5.57. The lowest BCUT2D eigenvalue weighted by molar-refractivity contribution is -0.182. The van der Waals surface area contributed by atoms with E-state index in [4.69, 9.17) is 10.2 Å². The fraction of sp³-hybridized carbons (Fsp3) is 0.778. The lowest BCUT2D eigenvalue weighted by atomic mass is 10.3. The molecule has 0 aliphatic rings. The Morgan fingerprint density at radius 2 is 1.52 bits per heavy atom. The molecule has 126 valence electrons. The second-order valence-electron chi connectivity index (χ2n) is 3.47. The molecule has 0 amide bonds. The first-order valence-corrected chi connectivity index (χ1v) is 5.06. The molecular formula is C9H12F6O6. The predicted octanol–water partition coefficient (Wildman–Crippen LogP) is 3.65. The second-order valence-corrected chi connectivity index (χ2v) is 3.47. The van der Waals surface area contributed by atoms with Crippen molar-refractivity contribution in [1.29, 1.82) is 0 Å². The van der Waals surface area contributed by atoms with Crippen LogP contribution in [0.2, 0.25) is 0 Å². The summed E-state index contributed by atoms with van der Waals surface area (Å²) in [4.78, 5) is 19.1. The zero-order chi connectivity index (χ0) is 17.4. The SMILES string of the molecule is CC(F)(OC(=O)O)C(F)F.CCC(F)(F)C(F)OC(=O)O. The standard InChI is InChI=1S/C5H7F3O3.C4H5F3O3/c1-2-5(7,8)3(6)11-4(9)10;1-4(7,2(5)6)10-3(8)9/h3H,2H2,1H3,(H,9,10);2H,1H3,(H,8,9). The Balaban J connectivity index is 0. The number of carboxylic acid groups (broad SMARTS) is 2. The van der Waals surface area contributed by atoms with E-state index in [9.17, 15) is 35.9 Å². The van der Waals surface area contributed by atoms with Gasteiger partial charge in [-0.1, -0.05) is 6.92 Å². The molecule has 2 unspecified atom stereocenters. The average molecular weight is 330 g/mol. The van der Waals surface area contributed by atoms with Gasteiger partial charge in [0.15, 0.2) is 0 Å². The number of carbonyl (C=O) groups is 2. The minimum Gasteiger partial charge on any atom is -0.450 e. The number of rotatable bonds is 5. The van der Waals surface area contributed by atoms with E-state index < -0.39 is 43.3 Å². The molecule has 0 spiro atoms. The van der Waals surface area contributed by atoms with Crippen LogP contribution in [0.4, 0.5) is 35.9 Å². The molecule has 0 aromatic heterocycles. The van der Waals surface area contributed by atoms with Gasteiger partial charge in [-0.3, -0.25) is 0 Å². The maximum atomic E-state index is 12.1. The third kappa shape index (κ3) is 9.62. The third-order valence-electron chi connectivity index (χ3n) is 1.68. The molecule has 2 N–H and O–H groups in total. The van der Waals surface area contributed by atoms with Gasteiger partial charge in [-0.2, -0.15) is 17.6 Å². The summed E-state index contributed by atoms with van der Waals surface area (Å²) in [5.41, 5.74) is 0. The van der Waals surface area contributed by atoms with E-state index in [2.05, 4.69) is 9.47 Å². The van der Waals surface area contributed by atoms with Crippen LogP contribution in [0.15, 0.2) is 0 Å². The Bertz CT molecular complexity index is 348. The van der Waals surface area contributed by atoms with Crippen LogP contribution in [0.5, 0.6) is 0 Å². The normalized spacial score (nSPS) is 15.3. The van der Waals surface area contributed by atoms with Crippen LogP contribution in [0.3, 0.4) is 0 Å². The number of halogens is 6. The fourth-order valence-corrected chi connectivity index (χ4v) is 0.550. The number of ether oxygens (including phenoxy) is 2. The van der Waals surface area contributed by atoms with Crippen molar-refractivity contribution in [2.75, 3.05) is 0 Å². The van der Waals surface area contributed by atoms with Crippen LogP contribution in [-0.2, 0) is 9.47 Å². The minimum absolute atomic E-state index is 0.339. The molecule has 6 nitrogen and oxygen atoms in total. The van der Waals surface area contributed by atoms with Crippen molar-refractivity contribution < 1.29 is 55.6 Å². The molecule has 0 bridgehead atoms. The number of hydrogen-bond donors (Lipinski definition) is 2. The Morgan fingerprint density at radius 1 is 1.10 bits per heavy atom. The predicted molar refractivity (Wildman–Crippen MR) is 53.9 cm³/mol. The van der Waals surface area contributed by atoms with Gasteiger partial charge in [-0.05, 0) is 0 Å². The highest BCUT2D eigenvalue weighted by atomic mass is 19.3. The van der Waals surface area contributed by atoms with Crippen molar-refractivity contribution >= 4 is 12.3 Å². The maximum Gasteiger partial charge on any atom is 0.508 e. The monoisotopic (exact) mass is 330 g/mol. The molecule has 0 aliphatic heterocycles. The molecule has 0 rings (SSSR count). The van der Waals surface area contributed by atoms with Gasteiger partial charge in [0.1, 0.15) is 0 Å². The largest absolute Gasteiger partial charge is 0.508 e. The van der Waals surface area contributed by atoms with Crippen molar-refractivity contribution in [3.8, 4) is 0 Å². The van der Waals surface area contributed by atoms with E-state index in [1.54, 1.807) is 0 Å². The van der Waals surface area contributed by atoms with Crippen molar-refractivity contribution in [2.24, 2.45) is 0 Å². The van der Waals surface area contributed by atoms with Crippen molar-refractivity contribution in [3.05, 3.63) is 0 Å². The molecule has 2 atom stereocenters. The lowest BCUT2D eigenvalue weighted by Crippen LogP contribution is -2.33. The van der Waals surface area contributed by atoms with E-state index in [1.807, 2.05) is 0 Å². The summed E-state index contributed by atoms with van der Waals surface area (Å²) in [6.45, 7) is 1.36. The van der Waals surface area contributed by atoms with Gasteiger partial charge in [0.05, 0.1) is 0 Å². The highest BCUT2D eigenvalue weighted by Crippen LogP contribution is 2.25. The molecular weight excluding hydrogens is 318 g/mol. The molecule has 0 fully saturated rings. The average Bonchev–Trinajstić information content (AvgIpc) is 2.26. The Labute approximate surface area is 114 Å². The van der Waals surface area contributed by atoms with E-state index in [0.29, 0.717) is 6.92 Å². The van der Waals surface area contributed by atoms with Crippen LogP contribution in [0.1, 0.15) is 20.3 Å². The van der Waals surface area contributed by atoms with Gasteiger partial charge in [0.2, 0.25) is 0 Å². The zero-order valence-electron chi connectivity index (χ0n) is 10.7. The van der Waals surface area contributed by atoms with E-state index in [1.165, 1.54) is 0 Å². The second kappa shape index (κ2) is 8.42. The summed E-state index contributed by atoms with van der Waals surface area (Å²) in [5, 5.41) is 15.4. The molecule has 0 aliphatic carbocycles. The number of alkyl halides is 6. The Kier molecular flexibility index (Phi) is 8.58. The van der Waals surface area contributed by atoms with Crippen LogP contribution in [0.25, 0.3) is 0 Å². The van der Waals surface area contributed by atoms with Gasteiger partial charge in [0.25, 0.3) is 0 Å². The van der Waals surface area contributed by atoms with Crippen LogP contribution >= 0.6 is 0 Å². The summed E-state index contributed by atoms with van der Waals surface area (Å²) < 4.78 is 77.7. The van der Waals surface area contributed by atoms with E-state index in [0.717, 1.165) is 6.92 Å². The Hall–Kier alpha value is -1.88. The summed E-state index contributed by atoms with van der Waals surface area (Å²) >= 11 is 0. The first kappa shape index (κ1) is 21.4. The third-order valence-corrected chi connectivity index (χ3v) is 1.68. The summed E-state index contributed by atoms with van der Waals surface area (Å²) in [5.74, 6) is -7.15. The van der Waals surface area contributed by atoms with Crippen molar-refractivity contribution in [2.45, 2.75) is 44.8 Å². The van der Waals surface area contributed by atoms with Gasteiger partial charge in [-0.25, -0.2) is 18.4 Å². The first-order chi connectivity index (χ1) is 9.26. The highest BCUT2D eigenvalue weighted by Gasteiger charge is 2.41. The Morgan fingerprint density at radius 3 is 1.71 bits per heavy atom. The lowest BCUT2D eigenvalue weighted by Gasteiger charge is -2.16. The summed E-state index contributed by atoms with van der Waals surface area (Å²) in [6, 6.07) is 0. The molecule has 0 aromatic carbocycles. The molecule has 0 saturated carbocycles. The molecule has 0 radical (unpaired) electrons. The van der Waals surface area contributed by atoms with Crippen LogP contribution in [-0.4, -0.2) is 47.1 Å². The summed E-state index contributed by atoms with van der Waals surface area (Å²) in [7, 11) is 0. The maximum absolute atomic E-state index is 12.1. The van der Waals surface area contributed by atoms with Gasteiger partial charge >= 0.3 is 36.9 Å². The van der Waals surface area contributed by atoms with Gasteiger partial charge in [-0.15, -0.1) is 0 Å². The molecule has 0 heterocycles. The molecule has 21 heavy (non-hydrogen) atoms. The van der Waals surface area contributed by atoms with Crippen LogP contribution in [0, 0.1) is 0 Å². The number of hydrogen-bond acceptors (Lipinski definition) is 4. The first-order valence-electron chi connectivity index (χ1n) is 5.06. The molecule has 0 aromatic rings. The van der Waals surface area contributed by atoms with Gasteiger partial charge < -0.3 is 19.7 Å².